The molecule has 0 heterocycles. The van der Waals surface area contributed by atoms with E-state index in [1.54, 1.807) is 0 Å². The molecular formula is C14H10B2F6O3. The molecule has 0 aliphatic carbocycles. The number of hydrogen-bond donors (Lipinski definition) is 2. The van der Waals surface area contributed by atoms with Crippen molar-refractivity contribution >= 4 is 25.2 Å². The maximum atomic E-state index is 12.6. The first-order chi connectivity index (χ1) is 11.5. The molecule has 0 fully saturated rings. The minimum atomic E-state index is -4.64. The first kappa shape index (κ1) is 19.4. The lowest BCUT2D eigenvalue weighted by molar-refractivity contribution is -0.138. The van der Waals surface area contributed by atoms with Crippen molar-refractivity contribution in [1.82, 2.24) is 0 Å². The summed E-state index contributed by atoms with van der Waals surface area (Å²) in [6, 6.07) is 7.09. The van der Waals surface area contributed by atoms with Gasteiger partial charge in [-0.05, 0) is 10.9 Å². The summed E-state index contributed by atoms with van der Waals surface area (Å²) in [6.45, 7) is 0. The van der Waals surface area contributed by atoms with Gasteiger partial charge in [-0.25, -0.2) is 0 Å². The van der Waals surface area contributed by atoms with Gasteiger partial charge in [0.15, 0.2) is 0 Å². The van der Waals surface area contributed by atoms with Crippen molar-refractivity contribution in [3.63, 3.8) is 0 Å². The molecule has 0 unspecified atom stereocenters. The van der Waals surface area contributed by atoms with Crippen LogP contribution in [0.1, 0.15) is 11.1 Å². The van der Waals surface area contributed by atoms with Gasteiger partial charge < -0.3 is 14.6 Å². The van der Waals surface area contributed by atoms with Crippen LogP contribution in [0.3, 0.4) is 0 Å². The molecule has 0 spiro atoms. The lowest BCUT2D eigenvalue weighted by atomic mass is 9.71. The topological polar surface area (TPSA) is 49.7 Å². The van der Waals surface area contributed by atoms with Crippen LogP contribution >= 0.6 is 0 Å². The predicted molar refractivity (Wildman–Crippen MR) is 79.2 cm³/mol. The van der Waals surface area contributed by atoms with Crippen LogP contribution in [0.2, 0.25) is 0 Å². The molecule has 25 heavy (non-hydrogen) atoms. The summed E-state index contributed by atoms with van der Waals surface area (Å²) in [7, 11) is -3.93. The highest BCUT2D eigenvalue weighted by Gasteiger charge is 2.34. The fourth-order valence-corrected chi connectivity index (χ4v) is 2.02. The Kier molecular flexibility index (Phi) is 5.50. The third kappa shape index (κ3) is 5.00. The van der Waals surface area contributed by atoms with Crippen LogP contribution in [0.15, 0.2) is 48.5 Å². The second-order valence-corrected chi connectivity index (χ2v) is 5.09. The lowest BCUT2D eigenvalue weighted by Gasteiger charge is -2.15. The molecule has 0 saturated heterocycles. The standard InChI is InChI=1S/C14H10B2F6O3/c17-13(18,19)9-3-1-5-11(7-9)15(23)25-16(24)12-6-2-4-10(8-12)14(20,21)22/h1-8,23-24H. The second-order valence-electron chi connectivity index (χ2n) is 5.09. The maximum Gasteiger partial charge on any atom is 0.477 e. The molecule has 0 aromatic heterocycles. The van der Waals surface area contributed by atoms with Gasteiger partial charge in [0.05, 0.1) is 11.1 Å². The van der Waals surface area contributed by atoms with Gasteiger partial charge in [0, 0.05) is 0 Å². The van der Waals surface area contributed by atoms with Crippen molar-refractivity contribution in [3.05, 3.63) is 59.7 Å². The Hall–Kier alpha value is -1.97. The molecule has 0 saturated carbocycles. The summed E-state index contributed by atoms with van der Waals surface area (Å²) in [4.78, 5) is 0. The van der Waals surface area contributed by atoms with Gasteiger partial charge in [-0.3, -0.25) is 0 Å². The van der Waals surface area contributed by atoms with E-state index in [4.69, 9.17) is 4.57 Å². The van der Waals surface area contributed by atoms with Crippen LogP contribution in [0.25, 0.3) is 0 Å². The zero-order chi connectivity index (χ0) is 18.8. The molecule has 2 rings (SSSR count). The van der Waals surface area contributed by atoms with Gasteiger partial charge in [0.25, 0.3) is 0 Å². The average Bonchev–Trinajstić information content (AvgIpc) is 2.53. The zero-order valence-corrected chi connectivity index (χ0v) is 12.3. The number of alkyl halides is 6. The fourth-order valence-electron chi connectivity index (χ4n) is 2.02. The number of benzene rings is 2. The Morgan fingerprint density at radius 3 is 1.36 bits per heavy atom. The van der Waals surface area contributed by atoms with Crippen molar-refractivity contribution in [2.45, 2.75) is 12.4 Å². The van der Waals surface area contributed by atoms with Crippen LogP contribution in [-0.4, -0.2) is 24.3 Å². The van der Waals surface area contributed by atoms with Crippen LogP contribution in [0, 0.1) is 0 Å². The normalized spacial score (nSPS) is 12.2. The monoisotopic (exact) mass is 362 g/mol. The van der Waals surface area contributed by atoms with Gasteiger partial charge in [-0.1, -0.05) is 48.5 Å². The Bertz CT molecular complexity index is 673. The predicted octanol–water partition coefficient (Wildman–Crippen LogP) is 1.82. The molecule has 2 aromatic rings. The van der Waals surface area contributed by atoms with Crippen molar-refractivity contribution in [1.29, 1.82) is 0 Å². The number of halogens is 6. The minimum Gasteiger partial charge on any atom is -0.443 e. The van der Waals surface area contributed by atoms with Gasteiger partial charge in [-0.15, -0.1) is 0 Å². The molecule has 0 aliphatic heterocycles. The first-order valence-electron chi connectivity index (χ1n) is 6.84. The van der Waals surface area contributed by atoms with E-state index in [9.17, 15) is 36.4 Å². The van der Waals surface area contributed by atoms with E-state index in [-0.39, 0.29) is 10.9 Å². The average molecular weight is 362 g/mol. The van der Waals surface area contributed by atoms with E-state index >= 15 is 0 Å². The van der Waals surface area contributed by atoms with Gasteiger partial charge >= 0.3 is 26.6 Å². The van der Waals surface area contributed by atoms with Crippen molar-refractivity contribution in [3.8, 4) is 0 Å². The van der Waals surface area contributed by atoms with Gasteiger partial charge in [-0.2, -0.15) is 26.3 Å². The Labute approximate surface area is 139 Å². The summed E-state index contributed by atoms with van der Waals surface area (Å²) < 4.78 is 80.6. The Balaban J connectivity index is 2.17. The molecule has 0 amide bonds. The minimum absolute atomic E-state index is 0.305. The van der Waals surface area contributed by atoms with Crippen LogP contribution in [0.5, 0.6) is 0 Å². The molecule has 2 aromatic carbocycles. The molecule has 132 valence electrons. The quantitative estimate of drug-likeness (QED) is 0.645. The van der Waals surface area contributed by atoms with Crippen molar-refractivity contribution < 1.29 is 41.0 Å². The first-order valence-corrected chi connectivity index (χ1v) is 6.84. The van der Waals surface area contributed by atoms with Crippen molar-refractivity contribution in [2.24, 2.45) is 0 Å². The van der Waals surface area contributed by atoms with E-state index in [0.29, 0.717) is 12.1 Å². The lowest BCUT2D eigenvalue weighted by Crippen LogP contribution is -2.45. The zero-order valence-electron chi connectivity index (χ0n) is 12.3. The molecule has 11 heteroatoms. The van der Waals surface area contributed by atoms with E-state index in [1.165, 1.54) is 0 Å². The SMILES string of the molecule is OB(OB(O)c1cccc(C(F)(F)F)c1)c1cccc(C(F)(F)F)c1. The van der Waals surface area contributed by atoms with E-state index < -0.39 is 37.7 Å². The van der Waals surface area contributed by atoms with E-state index in [1.807, 2.05) is 0 Å². The van der Waals surface area contributed by atoms with Crippen LogP contribution in [0.4, 0.5) is 26.3 Å². The second kappa shape index (κ2) is 7.11. The third-order valence-corrected chi connectivity index (χ3v) is 3.26. The van der Waals surface area contributed by atoms with Crippen LogP contribution in [-0.2, 0) is 16.9 Å². The maximum absolute atomic E-state index is 12.6. The van der Waals surface area contributed by atoms with Crippen LogP contribution < -0.4 is 10.9 Å². The molecule has 0 atom stereocenters. The number of hydrogen-bond acceptors (Lipinski definition) is 3. The summed E-state index contributed by atoms with van der Waals surface area (Å²) >= 11 is 0. The Morgan fingerprint density at radius 1 is 0.680 bits per heavy atom. The highest BCUT2D eigenvalue weighted by molar-refractivity contribution is 6.73. The fraction of sp³-hybridized carbons (Fsp3) is 0.143. The molecule has 0 bridgehead atoms. The largest absolute Gasteiger partial charge is 0.477 e. The molecule has 0 radical (unpaired) electrons. The van der Waals surface area contributed by atoms with E-state index in [2.05, 4.69) is 0 Å². The molecule has 0 aliphatic rings. The third-order valence-electron chi connectivity index (χ3n) is 3.26. The Morgan fingerprint density at radius 2 is 1.04 bits per heavy atom. The van der Waals surface area contributed by atoms with E-state index in [0.717, 1.165) is 36.4 Å². The summed E-state index contributed by atoms with van der Waals surface area (Å²) in [5.74, 6) is 0. The van der Waals surface area contributed by atoms with Crippen molar-refractivity contribution in [2.75, 3.05) is 0 Å². The highest BCUT2D eigenvalue weighted by atomic mass is 19.4. The smallest absolute Gasteiger partial charge is 0.443 e. The van der Waals surface area contributed by atoms with Gasteiger partial charge in [0.2, 0.25) is 0 Å². The highest BCUT2D eigenvalue weighted by Crippen LogP contribution is 2.29. The molecule has 2 N–H and O–H groups in total. The molecular weight excluding hydrogens is 352 g/mol. The molecule has 3 nitrogen and oxygen atoms in total. The van der Waals surface area contributed by atoms with Gasteiger partial charge in [0.1, 0.15) is 0 Å². The summed E-state index contributed by atoms with van der Waals surface area (Å²) in [5, 5.41) is 19.6. The summed E-state index contributed by atoms with van der Waals surface area (Å²) in [6.07, 6.45) is -9.29. The number of rotatable bonds is 4. The summed E-state index contributed by atoms with van der Waals surface area (Å²) in [5.41, 5.74) is -2.69.